The fraction of sp³-hybridized carbons (Fsp3) is 0.214. The molecule has 0 saturated heterocycles. The number of benzene rings is 1. The summed E-state index contributed by atoms with van der Waals surface area (Å²) in [6.07, 6.45) is 3.66. The third-order valence-electron chi connectivity index (χ3n) is 2.33. The van der Waals surface area contributed by atoms with Gasteiger partial charge in [0.1, 0.15) is 16.1 Å². The number of methoxy groups -OCH3 is 1. The maximum atomic E-state index is 11.6. The SMILES string of the molecule is COC(=O)/C(C#N)=C(/N=C(\SC)c1ccccc1)SC. The number of rotatable bonds is 4. The van der Waals surface area contributed by atoms with E-state index in [0.717, 1.165) is 10.6 Å². The lowest BCUT2D eigenvalue weighted by molar-refractivity contribution is -0.135. The number of hydrogen-bond acceptors (Lipinski definition) is 6. The Morgan fingerprint density at radius 1 is 1.25 bits per heavy atom. The molecule has 0 N–H and O–H groups in total. The van der Waals surface area contributed by atoms with Crippen LogP contribution in [0.2, 0.25) is 0 Å². The number of nitrogens with zero attached hydrogens (tertiary/aromatic N) is 2. The summed E-state index contributed by atoms with van der Waals surface area (Å²) < 4.78 is 4.60. The molecule has 0 amide bonds. The van der Waals surface area contributed by atoms with Gasteiger partial charge < -0.3 is 4.74 Å². The molecule has 1 aromatic carbocycles. The van der Waals surface area contributed by atoms with E-state index in [9.17, 15) is 4.79 Å². The van der Waals surface area contributed by atoms with Crippen LogP contribution < -0.4 is 0 Å². The second-order valence-corrected chi connectivity index (χ2v) is 5.06. The van der Waals surface area contributed by atoms with Crippen LogP contribution in [0.15, 0.2) is 45.9 Å². The van der Waals surface area contributed by atoms with Crippen molar-refractivity contribution in [3.05, 3.63) is 46.5 Å². The normalized spacial score (nSPS) is 12.4. The van der Waals surface area contributed by atoms with E-state index < -0.39 is 5.97 Å². The van der Waals surface area contributed by atoms with Crippen LogP contribution in [0.5, 0.6) is 0 Å². The third kappa shape index (κ3) is 4.15. The van der Waals surface area contributed by atoms with Gasteiger partial charge in [0.05, 0.1) is 7.11 Å². The topological polar surface area (TPSA) is 62.5 Å². The molecule has 20 heavy (non-hydrogen) atoms. The van der Waals surface area contributed by atoms with Crippen LogP contribution in [0, 0.1) is 11.3 Å². The molecular formula is C14H14N2O2S2. The molecule has 0 aliphatic heterocycles. The molecule has 0 fully saturated rings. The van der Waals surface area contributed by atoms with Crippen molar-refractivity contribution in [2.75, 3.05) is 19.6 Å². The van der Waals surface area contributed by atoms with E-state index in [2.05, 4.69) is 9.73 Å². The van der Waals surface area contributed by atoms with Gasteiger partial charge in [0.15, 0.2) is 5.57 Å². The average molecular weight is 306 g/mol. The molecule has 4 nitrogen and oxygen atoms in total. The van der Waals surface area contributed by atoms with Gasteiger partial charge in [-0.3, -0.25) is 0 Å². The number of carbonyl (C=O) groups excluding carboxylic acids is 1. The highest BCUT2D eigenvalue weighted by Gasteiger charge is 2.16. The van der Waals surface area contributed by atoms with Crippen molar-refractivity contribution in [2.45, 2.75) is 0 Å². The molecule has 6 heteroatoms. The molecule has 0 atom stereocenters. The first-order chi connectivity index (χ1) is 9.67. The number of thioether (sulfide) groups is 2. The quantitative estimate of drug-likeness (QED) is 0.281. The Kier molecular flexibility index (Phi) is 6.91. The van der Waals surface area contributed by atoms with Crippen molar-refractivity contribution < 1.29 is 9.53 Å². The zero-order valence-corrected chi connectivity index (χ0v) is 13.0. The molecular weight excluding hydrogens is 292 g/mol. The number of hydrogen-bond donors (Lipinski definition) is 0. The standard InChI is InChI=1S/C14H14N2O2S2/c1-18-14(17)11(9-15)13(20-3)16-12(19-2)10-7-5-4-6-8-10/h4-8H,1-3H3/b13-11-,16-12-. The Morgan fingerprint density at radius 3 is 2.35 bits per heavy atom. The van der Waals surface area contributed by atoms with Gasteiger partial charge >= 0.3 is 5.97 Å². The molecule has 104 valence electrons. The summed E-state index contributed by atoms with van der Waals surface area (Å²) in [5.74, 6) is -0.672. The summed E-state index contributed by atoms with van der Waals surface area (Å²) in [6.45, 7) is 0. The monoisotopic (exact) mass is 306 g/mol. The summed E-state index contributed by atoms with van der Waals surface area (Å²) in [5.41, 5.74) is 0.858. The molecule has 0 aromatic heterocycles. The number of aliphatic imine (C=N–C) groups is 1. The predicted molar refractivity (Wildman–Crippen MR) is 84.7 cm³/mol. The molecule has 0 saturated carbocycles. The van der Waals surface area contributed by atoms with Crippen molar-refractivity contribution in [3.63, 3.8) is 0 Å². The van der Waals surface area contributed by atoms with Crippen molar-refractivity contribution in [2.24, 2.45) is 4.99 Å². The Balaban J connectivity index is 3.31. The van der Waals surface area contributed by atoms with Gasteiger partial charge in [-0.15, -0.1) is 23.5 Å². The zero-order chi connectivity index (χ0) is 15.0. The van der Waals surface area contributed by atoms with E-state index >= 15 is 0 Å². The Bertz CT molecular complexity index is 575. The molecule has 0 bridgehead atoms. The first kappa shape index (κ1) is 16.3. The smallest absolute Gasteiger partial charge is 0.351 e. The first-order valence-electron chi connectivity index (χ1n) is 5.62. The summed E-state index contributed by atoms with van der Waals surface area (Å²) in [7, 11) is 1.24. The van der Waals surface area contributed by atoms with Crippen LogP contribution in [0.1, 0.15) is 5.56 Å². The van der Waals surface area contributed by atoms with Crippen LogP contribution >= 0.6 is 23.5 Å². The van der Waals surface area contributed by atoms with Crippen molar-refractivity contribution in [3.8, 4) is 6.07 Å². The van der Waals surface area contributed by atoms with Crippen LogP contribution in [-0.4, -0.2) is 30.6 Å². The highest BCUT2D eigenvalue weighted by Crippen LogP contribution is 2.23. The van der Waals surface area contributed by atoms with Gasteiger partial charge in [0, 0.05) is 5.56 Å². The predicted octanol–water partition coefficient (Wildman–Crippen LogP) is 3.07. The van der Waals surface area contributed by atoms with Crippen LogP contribution in [-0.2, 0) is 9.53 Å². The highest BCUT2D eigenvalue weighted by molar-refractivity contribution is 8.14. The average Bonchev–Trinajstić information content (AvgIpc) is 2.51. The van der Waals surface area contributed by atoms with E-state index in [4.69, 9.17) is 5.26 Å². The lowest BCUT2D eigenvalue weighted by Gasteiger charge is -2.06. The summed E-state index contributed by atoms with van der Waals surface area (Å²) in [6, 6.07) is 11.5. The first-order valence-corrected chi connectivity index (χ1v) is 8.07. The zero-order valence-electron chi connectivity index (χ0n) is 11.4. The van der Waals surface area contributed by atoms with Crippen molar-refractivity contribution in [1.82, 2.24) is 0 Å². The molecule has 0 spiro atoms. The summed E-state index contributed by atoms with van der Waals surface area (Å²) in [5, 5.41) is 10.2. The highest BCUT2D eigenvalue weighted by atomic mass is 32.2. The maximum Gasteiger partial charge on any atom is 0.351 e. The number of esters is 1. The molecule has 0 radical (unpaired) electrons. The third-order valence-corrected chi connectivity index (χ3v) is 3.72. The fourth-order valence-corrected chi connectivity index (χ4v) is 2.52. The van der Waals surface area contributed by atoms with Crippen molar-refractivity contribution in [1.29, 1.82) is 5.26 Å². The number of ether oxygens (including phenoxy) is 1. The molecule has 0 aliphatic rings. The Morgan fingerprint density at radius 2 is 1.90 bits per heavy atom. The van der Waals surface area contributed by atoms with Crippen LogP contribution in [0.3, 0.4) is 0 Å². The number of carbonyl (C=O) groups is 1. The van der Waals surface area contributed by atoms with Gasteiger partial charge in [0.25, 0.3) is 0 Å². The lowest BCUT2D eigenvalue weighted by Crippen LogP contribution is -2.06. The lowest BCUT2D eigenvalue weighted by atomic mass is 10.2. The van der Waals surface area contributed by atoms with E-state index in [1.54, 1.807) is 6.26 Å². The number of nitriles is 1. The van der Waals surface area contributed by atoms with Gasteiger partial charge in [0.2, 0.25) is 0 Å². The van der Waals surface area contributed by atoms with Gasteiger partial charge in [-0.2, -0.15) is 5.26 Å². The minimum atomic E-state index is -0.672. The molecule has 0 heterocycles. The van der Waals surface area contributed by atoms with E-state index in [1.165, 1.54) is 30.6 Å². The van der Waals surface area contributed by atoms with Gasteiger partial charge in [-0.25, -0.2) is 9.79 Å². The maximum absolute atomic E-state index is 11.6. The largest absolute Gasteiger partial charge is 0.465 e. The Labute approximate surface area is 126 Å². The molecule has 0 unspecified atom stereocenters. The summed E-state index contributed by atoms with van der Waals surface area (Å²) in [4.78, 5) is 16.0. The summed E-state index contributed by atoms with van der Waals surface area (Å²) >= 11 is 2.70. The van der Waals surface area contributed by atoms with Crippen LogP contribution in [0.4, 0.5) is 0 Å². The van der Waals surface area contributed by atoms with E-state index in [1.807, 2.05) is 42.7 Å². The fourth-order valence-electron chi connectivity index (χ4n) is 1.39. The molecule has 1 aromatic rings. The second kappa shape index (κ2) is 8.46. The second-order valence-electron chi connectivity index (χ2n) is 3.47. The van der Waals surface area contributed by atoms with Crippen LogP contribution in [0.25, 0.3) is 0 Å². The molecule has 1 rings (SSSR count). The van der Waals surface area contributed by atoms with Gasteiger partial charge in [-0.1, -0.05) is 30.3 Å². The molecule has 0 aliphatic carbocycles. The minimum Gasteiger partial charge on any atom is -0.465 e. The van der Waals surface area contributed by atoms with Crippen molar-refractivity contribution >= 4 is 34.5 Å². The van der Waals surface area contributed by atoms with E-state index in [-0.39, 0.29) is 5.57 Å². The van der Waals surface area contributed by atoms with Gasteiger partial charge in [-0.05, 0) is 12.5 Å². The Hall–Kier alpha value is -1.71. The van der Waals surface area contributed by atoms with E-state index in [0.29, 0.717) is 5.03 Å². The minimum absolute atomic E-state index is 0.0810.